The maximum absolute atomic E-state index is 13.5. The molecule has 2 amide bonds. The minimum atomic E-state index is -4.54. The summed E-state index contributed by atoms with van der Waals surface area (Å²) in [6.07, 6.45) is -4.06. The number of carbonyl (C=O) groups is 2. The van der Waals surface area contributed by atoms with E-state index in [0.29, 0.717) is 11.9 Å². The minimum Gasteiger partial charge on any atom is -0.378 e. The zero-order valence-electron chi connectivity index (χ0n) is 18.0. The van der Waals surface area contributed by atoms with Gasteiger partial charge in [-0.1, -0.05) is 6.58 Å². The van der Waals surface area contributed by atoms with E-state index in [-0.39, 0.29) is 34.7 Å². The number of hydrogen-bond acceptors (Lipinski definition) is 4. The molecule has 33 heavy (non-hydrogen) atoms. The number of rotatable bonds is 7. The molecule has 0 saturated carbocycles. The molecule has 1 aromatic carbocycles. The number of benzene rings is 1. The highest BCUT2D eigenvalue weighted by Gasteiger charge is 2.35. The van der Waals surface area contributed by atoms with Crippen molar-refractivity contribution in [3.05, 3.63) is 59.2 Å². The number of alkyl halides is 3. The largest absolute Gasteiger partial charge is 0.396 e. The highest BCUT2D eigenvalue weighted by atomic mass is 19.4. The number of nitrogens with one attached hydrogen (secondary N) is 1. The van der Waals surface area contributed by atoms with Crippen LogP contribution in [-0.4, -0.2) is 35.9 Å². The molecule has 1 unspecified atom stereocenters. The number of carbonyl (C=O) groups excluding carboxylic acids is 2. The van der Waals surface area contributed by atoms with Crippen LogP contribution in [0.25, 0.3) is 5.57 Å². The molecule has 0 bridgehead atoms. The van der Waals surface area contributed by atoms with Crippen LogP contribution in [0.5, 0.6) is 0 Å². The van der Waals surface area contributed by atoms with Gasteiger partial charge in [-0.3, -0.25) is 9.59 Å². The third-order valence-electron chi connectivity index (χ3n) is 4.73. The van der Waals surface area contributed by atoms with Crippen LogP contribution in [0.3, 0.4) is 0 Å². The molecule has 0 aliphatic carbocycles. The first-order chi connectivity index (χ1) is 15.4. The van der Waals surface area contributed by atoms with Gasteiger partial charge in [0.15, 0.2) is 0 Å². The monoisotopic (exact) mass is 464 g/mol. The summed E-state index contributed by atoms with van der Waals surface area (Å²) in [5, 5.41) is 11.5. The van der Waals surface area contributed by atoms with Gasteiger partial charge in [0.05, 0.1) is 40.6 Å². The first kappa shape index (κ1) is 25.5. The Hall–Kier alpha value is -3.78. The molecule has 7 nitrogen and oxygen atoms in total. The van der Waals surface area contributed by atoms with Crippen molar-refractivity contribution in [3.63, 3.8) is 0 Å². The van der Waals surface area contributed by atoms with Crippen molar-refractivity contribution in [1.29, 1.82) is 5.26 Å². The van der Waals surface area contributed by atoms with Crippen molar-refractivity contribution in [2.75, 3.05) is 12.4 Å². The van der Waals surface area contributed by atoms with Crippen LogP contribution in [0, 0.1) is 23.1 Å². The average Bonchev–Trinajstić information content (AvgIpc) is 3.08. The third kappa shape index (κ3) is 5.93. The van der Waals surface area contributed by atoms with Gasteiger partial charge in [-0.15, -0.1) is 0 Å². The van der Waals surface area contributed by atoms with Gasteiger partial charge in [0.1, 0.15) is 11.9 Å². The summed E-state index contributed by atoms with van der Waals surface area (Å²) >= 11 is 0. The smallest absolute Gasteiger partial charge is 0.378 e. The van der Waals surface area contributed by atoms with Crippen molar-refractivity contribution in [1.82, 2.24) is 4.57 Å². The summed E-state index contributed by atoms with van der Waals surface area (Å²) in [7, 11) is 2.91. The standard InChI is InChI=1S/C22H20F4N4O3/c1-12(22(24,25)26)10-28-20(31)13(2)18-8-16(19(11-33-4)30(18)3)21(32)29-15-5-6-17(23)14(7-15)9-27/h5-8,10,12H,2,11H2,1,3-4H3,(H,29,32). The van der Waals surface area contributed by atoms with E-state index in [1.54, 1.807) is 6.07 Å². The second kappa shape index (κ2) is 10.2. The van der Waals surface area contributed by atoms with E-state index in [9.17, 15) is 27.2 Å². The molecule has 2 rings (SSSR count). The van der Waals surface area contributed by atoms with Gasteiger partial charge in [0, 0.05) is 26.1 Å². The molecule has 0 saturated heterocycles. The molecule has 0 fully saturated rings. The molecular formula is C22H20F4N4O3. The first-order valence-corrected chi connectivity index (χ1v) is 9.43. The summed E-state index contributed by atoms with van der Waals surface area (Å²) in [5.74, 6) is -4.32. The first-order valence-electron chi connectivity index (χ1n) is 9.43. The molecule has 0 spiro atoms. The molecule has 0 radical (unpaired) electrons. The van der Waals surface area contributed by atoms with E-state index in [1.165, 1.54) is 30.9 Å². The van der Waals surface area contributed by atoms with Gasteiger partial charge in [0.2, 0.25) is 0 Å². The fraction of sp³-hybridized carbons (Fsp3) is 0.273. The van der Waals surface area contributed by atoms with Crippen molar-refractivity contribution in [2.24, 2.45) is 18.0 Å². The molecule has 2 aromatic rings. The Labute approximate surface area is 187 Å². The van der Waals surface area contributed by atoms with E-state index in [1.807, 2.05) is 0 Å². The second-order valence-corrected chi connectivity index (χ2v) is 7.03. The third-order valence-corrected chi connectivity index (χ3v) is 4.73. The Balaban J connectivity index is 2.35. The van der Waals surface area contributed by atoms with E-state index in [4.69, 9.17) is 10.00 Å². The highest BCUT2D eigenvalue weighted by Crippen LogP contribution is 2.26. The molecular weight excluding hydrogens is 444 g/mol. The molecule has 11 heteroatoms. The number of aromatic nitrogens is 1. The second-order valence-electron chi connectivity index (χ2n) is 7.03. The summed E-state index contributed by atoms with van der Waals surface area (Å²) in [6.45, 7) is 4.42. The van der Waals surface area contributed by atoms with Gasteiger partial charge < -0.3 is 14.6 Å². The number of anilines is 1. The maximum atomic E-state index is 13.5. The lowest BCUT2D eigenvalue weighted by molar-refractivity contribution is -0.149. The Kier molecular flexibility index (Phi) is 7.90. The molecule has 0 aliphatic rings. The minimum absolute atomic E-state index is 0.0397. The summed E-state index contributed by atoms with van der Waals surface area (Å²) in [6, 6.07) is 6.45. The maximum Gasteiger partial charge on any atom is 0.396 e. The highest BCUT2D eigenvalue weighted by molar-refractivity contribution is 6.21. The number of methoxy groups -OCH3 is 1. The van der Waals surface area contributed by atoms with Crippen molar-refractivity contribution in [3.8, 4) is 6.07 Å². The van der Waals surface area contributed by atoms with Crippen LogP contribution < -0.4 is 5.32 Å². The lowest BCUT2D eigenvalue weighted by Crippen LogP contribution is -2.21. The van der Waals surface area contributed by atoms with Crippen LogP contribution in [0.15, 0.2) is 35.8 Å². The molecule has 0 aliphatic heterocycles. The lowest BCUT2D eigenvalue weighted by Gasteiger charge is -2.10. The Morgan fingerprint density at radius 3 is 2.61 bits per heavy atom. The quantitative estimate of drug-likeness (QED) is 0.377. The van der Waals surface area contributed by atoms with Gasteiger partial charge in [-0.05, 0) is 31.2 Å². The van der Waals surface area contributed by atoms with Crippen molar-refractivity contribution < 1.29 is 31.9 Å². The number of halogens is 4. The zero-order chi connectivity index (χ0) is 24.9. The van der Waals surface area contributed by atoms with Crippen LogP contribution in [0.2, 0.25) is 0 Å². The molecule has 1 N–H and O–H groups in total. The normalized spacial score (nSPS) is 12.4. The predicted molar refractivity (Wildman–Crippen MR) is 113 cm³/mol. The van der Waals surface area contributed by atoms with E-state index in [2.05, 4.69) is 16.9 Å². The lowest BCUT2D eigenvalue weighted by atomic mass is 10.1. The molecule has 174 valence electrons. The zero-order valence-corrected chi connectivity index (χ0v) is 18.0. The fourth-order valence-corrected chi connectivity index (χ4v) is 2.78. The Morgan fingerprint density at radius 2 is 2.03 bits per heavy atom. The van der Waals surface area contributed by atoms with Crippen LogP contribution in [0.4, 0.5) is 23.2 Å². The predicted octanol–water partition coefficient (Wildman–Crippen LogP) is 4.24. The Bertz CT molecular complexity index is 1160. The Morgan fingerprint density at radius 1 is 1.36 bits per heavy atom. The summed E-state index contributed by atoms with van der Waals surface area (Å²) < 4.78 is 58.0. The van der Waals surface area contributed by atoms with Crippen LogP contribution in [-0.2, 0) is 23.2 Å². The van der Waals surface area contributed by atoms with Crippen LogP contribution in [0.1, 0.15) is 34.2 Å². The average molecular weight is 464 g/mol. The van der Waals surface area contributed by atoms with Gasteiger partial charge in [-0.2, -0.15) is 18.4 Å². The summed E-state index contributed by atoms with van der Waals surface area (Å²) in [5.41, 5.74) is 0.239. The number of hydrogen-bond donors (Lipinski definition) is 1. The van der Waals surface area contributed by atoms with Crippen molar-refractivity contribution >= 4 is 29.3 Å². The fourth-order valence-electron chi connectivity index (χ4n) is 2.78. The van der Waals surface area contributed by atoms with E-state index in [0.717, 1.165) is 19.1 Å². The van der Waals surface area contributed by atoms with Gasteiger partial charge in [0.25, 0.3) is 11.8 Å². The topological polar surface area (TPSA) is 96.5 Å². The number of amides is 2. The SMILES string of the molecule is C=C(C(=O)N=CC(C)C(F)(F)F)c1cc(C(=O)Nc2ccc(F)c(C#N)c2)c(COC)n1C. The number of aliphatic imine (C=N–C) groups is 1. The molecule has 1 atom stereocenters. The van der Waals surface area contributed by atoms with E-state index < -0.39 is 29.7 Å². The van der Waals surface area contributed by atoms with Gasteiger partial charge in [-0.25, -0.2) is 9.38 Å². The molecule has 1 heterocycles. The number of nitrogens with zero attached hydrogens (tertiary/aromatic N) is 3. The number of nitriles is 1. The van der Waals surface area contributed by atoms with Crippen molar-refractivity contribution in [2.45, 2.75) is 19.7 Å². The van der Waals surface area contributed by atoms with E-state index >= 15 is 0 Å². The van der Waals surface area contributed by atoms with Gasteiger partial charge >= 0.3 is 6.18 Å². The number of ether oxygens (including phenoxy) is 1. The van der Waals surface area contributed by atoms with Crippen LogP contribution >= 0.6 is 0 Å². The summed E-state index contributed by atoms with van der Waals surface area (Å²) in [4.78, 5) is 28.5. The molecule has 1 aromatic heterocycles.